The fourth-order valence-corrected chi connectivity index (χ4v) is 3.03. The monoisotopic (exact) mass is 380 g/mol. The SMILES string of the molecule is [2H]C1(c2ccc(C)cc2)OC(N)=C(OS(=O)(=O)C([2H])([2H])c2ccc(F)cc2)C1=O. The largest absolute Gasteiger partial charge is 0.460 e. The Labute approximate surface area is 154 Å². The van der Waals surface area contributed by atoms with Crippen molar-refractivity contribution in [1.29, 1.82) is 0 Å². The number of halogens is 1. The number of aryl methyl sites for hydroxylation is 1. The Kier molecular flexibility index (Phi) is 3.74. The van der Waals surface area contributed by atoms with Crippen molar-refractivity contribution in [2.24, 2.45) is 5.73 Å². The minimum atomic E-state index is -5.13. The number of rotatable bonds is 5. The van der Waals surface area contributed by atoms with E-state index in [9.17, 15) is 17.6 Å². The number of nitrogens with two attached hydrogens (primary N) is 1. The van der Waals surface area contributed by atoms with E-state index in [0.717, 1.165) is 29.8 Å². The molecule has 6 nitrogen and oxygen atoms in total. The highest BCUT2D eigenvalue weighted by atomic mass is 32.2. The molecule has 0 spiro atoms. The van der Waals surface area contributed by atoms with Gasteiger partial charge in [0, 0.05) is 5.56 Å². The molecule has 1 aliphatic rings. The molecule has 0 aromatic heterocycles. The second-order valence-electron chi connectivity index (χ2n) is 5.47. The van der Waals surface area contributed by atoms with Crippen LogP contribution in [0, 0.1) is 12.7 Å². The molecule has 3 rings (SSSR count). The van der Waals surface area contributed by atoms with E-state index in [2.05, 4.69) is 4.18 Å². The quantitative estimate of drug-likeness (QED) is 0.801. The average Bonchev–Trinajstić information content (AvgIpc) is 2.86. The van der Waals surface area contributed by atoms with Gasteiger partial charge in [0.25, 0.3) is 0 Å². The predicted octanol–water partition coefficient (Wildman–Crippen LogP) is 2.45. The zero-order chi connectivity index (χ0) is 21.6. The van der Waals surface area contributed by atoms with Crippen molar-refractivity contribution in [3.63, 3.8) is 0 Å². The molecule has 2 N–H and O–H groups in total. The summed E-state index contributed by atoms with van der Waals surface area (Å²) in [6, 6.07) is 9.77. The normalized spacial score (nSPS) is 22.4. The van der Waals surface area contributed by atoms with Gasteiger partial charge in [0.1, 0.15) is 11.5 Å². The Morgan fingerprint density at radius 1 is 1.23 bits per heavy atom. The predicted molar refractivity (Wildman–Crippen MR) is 91.3 cm³/mol. The number of benzene rings is 2. The molecule has 1 aliphatic heterocycles. The fraction of sp³-hybridized carbons (Fsp3) is 0.167. The van der Waals surface area contributed by atoms with Gasteiger partial charge in [-0.05, 0) is 24.6 Å². The molecule has 0 saturated carbocycles. The molecule has 2 aromatic rings. The molecular formula is C18H16FNO5S. The van der Waals surface area contributed by atoms with Crippen LogP contribution in [0.2, 0.25) is 0 Å². The maximum atomic E-state index is 13.1. The Balaban J connectivity index is 1.92. The number of carbonyl (C=O) groups is 1. The van der Waals surface area contributed by atoms with Gasteiger partial charge < -0.3 is 14.7 Å². The second kappa shape index (κ2) is 6.80. The van der Waals surface area contributed by atoms with Crippen LogP contribution in [-0.2, 0) is 29.5 Å². The van der Waals surface area contributed by atoms with Crippen molar-refractivity contribution < 1.29 is 30.6 Å². The lowest BCUT2D eigenvalue weighted by molar-refractivity contribution is -0.123. The first kappa shape index (κ1) is 14.3. The minimum Gasteiger partial charge on any atom is -0.460 e. The molecule has 0 radical (unpaired) electrons. The zero-order valence-electron chi connectivity index (χ0n) is 16.5. The maximum Gasteiger partial charge on any atom is 0.313 e. The lowest BCUT2D eigenvalue weighted by Gasteiger charge is -2.10. The number of hydrogen-bond acceptors (Lipinski definition) is 6. The first-order valence-electron chi connectivity index (χ1n) is 8.89. The smallest absolute Gasteiger partial charge is 0.313 e. The Bertz CT molecular complexity index is 1100. The van der Waals surface area contributed by atoms with Crippen LogP contribution < -0.4 is 5.73 Å². The third-order valence-corrected chi connectivity index (χ3v) is 4.31. The maximum absolute atomic E-state index is 13.1. The van der Waals surface area contributed by atoms with Gasteiger partial charge in [0.05, 0.1) is 4.11 Å². The van der Waals surface area contributed by atoms with E-state index >= 15 is 0 Å². The second-order valence-corrected chi connectivity index (χ2v) is 6.75. The van der Waals surface area contributed by atoms with Gasteiger partial charge in [0.15, 0.2) is 6.08 Å². The minimum absolute atomic E-state index is 0.0913. The van der Waals surface area contributed by atoms with E-state index in [-0.39, 0.29) is 5.56 Å². The fourth-order valence-electron chi connectivity index (χ4n) is 2.18. The summed E-state index contributed by atoms with van der Waals surface area (Å²) >= 11 is 0. The van der Waals surface area contributed by atoms with Gasteiger partial charge in [-0.1, -0.05) is 42.0 Å². The van der Waals surface area contributed by atoms with Gasteiger partial charge >= 0.3 is 10.1 Å². The molecule has 1 unspecified atom stereocenters. The lowest BCUT2D eigenvalue weighted by atomic mass is 10.0. The number of Topliss-reactive ketones (excluding diaryl/α,β-unsaturated/α-hetero) is 1. The number of hydrogen-bond donors (Lipinski definition) is 1. The lowest BCUT2D eigenvalue weighted by Crippen LogP contribution is -2.16. The topological polar surface area (TPSA) is 95.7 Å². The third kappa shape index (κ3) is 3.85. The summed E-state index contributed by atoms with van der Waals surface area (Å²) in [4.78, 5) is 12.7. The van der Waals surface area contributed by atoms with Crippen LogP contribution in [0.4, 0.5) is 4.39 Å². The summed E-state index contributed by atoms with van der Waals surface area (Å²) in [5.74, 6) is -3.64. The molecule has 0 saturated heterocycles. The summed E-state index contributed by atoms with van der Waals surface area (Å²) in [6.07, 6.45) is -2.37. The van der Waals surface area contributed by atoms with Crippen molar-refractivity contribution >= 4 is 15.9 Å². The highest BCUT2D eigenvalue weighted by molar-refractivity contribution is 7.86. The summed E-state index contributed by atoms with van der Waals surface area (Å²) in [5.41, 5.74) is 2.97. The molecule has 1 heterocycles. The third-order valence-electron chi connectivity index (χ3n) is 3.44. The van der Waals surface area contributed by atoms with E-state index in [1.54, 1.807) is 19.1 Å². The van der Waals surface area contributed by atoms with Gasteiger partial charge in [-0.15, -0.1) is 0 Å². The van der Waals surface area contributed by atoms with E-state index in [0.29, 0.717) is 0 Å². The van der Waals surface area contributed by atoms with E-state index in [1.807, 2.05) is 0 Å². The van der Waals surface area contributed by atoms with Crippen molar-refractivity contribution in [3.8, 4) is 0 Å². The molecule has 1 atom stereocenters. The number of ether oxygens (including phenoxy) is 1. The van der Waals surface area contributed by atoms with Crippen LogP contribution in [-0.4, -0.2) is 14.2 Å². The van der Waals surface area contributed by atoms with Crippen molar-refractivity contribution in [3.05, 3.63) is 82.7 Å². The Morgan fingerprint density at radius 3 is 2.46 bits per heavy atom. The summed E-state index contributed by atoms with van der Waals surface area (Å²) in [5, 5.41) is 0. The number of carbonyl (C=O) groups excluding carboxylic acids is 1. The van der Waals surface area contributed by atoms with Gasteiger partial charge in [0.2, 0.25) is 17.4 Å². The van der Waals surface area contributed by atoms with Gasteiger partial charge in [-0.3, -0.25) is 4.79 Å². The number of ketones is 1. The molecule has 0 aliphatic carbocycles. The van der Waals surface area contributed by atoms with Crippen LogP contribution in [0.1, 0.15) is 26.9 Å². The van der Waals surface area contributed by atoms with Crippen molar-refractivity contribution in [2.45, 2.75) is 18.7 Å². The van der Waals surface area contributed by atoms with Crippen molar-refractivity contribution in [2.75, 3.05) is 0 Å². The van der Waals surface area contributed by atoms with Crippen LogP contribution >= 0.6 is 0 Å². The summed E-state index contributed by atoms with van der Waals surface area (Å²) in [6.45, 7) is 1.79. The van der Waals surface area contributed by atoms with Crippen LogP contribution in [0.5, 0.6) is 0 Å². The summed E-state index contributed by atoms with van der Waals surface area (Å²) in [7, 11) is -5.13. The van der Waals surface area contributed by atoms with Crippen LogP contribution in [0.15, 0.2) is 60.2 Å². The van der Waals surface area contributed by atoms with E-state index in [4.69, 9.17) is 14.6 Å². The first-order valence-corrected chi connectivity index (χ1v) is 8.80. The molecule has 0 fully saturated rings. The Hall–Kier alpha value is -2.87. The van der Waals surface area contributed by atoms with E-state index in [1.165, 1.54) is 12.1 Å². The van der Waals surface area contributed by atoms with Gasteiger partial charge in [-0.25, -0.2) is 4.39 Å². The van der Waals surface area contributed by atoms with E-state index < -0.39 is 50.7 Å². The molecular weight excluding hydrogens is 361 g/mol. The zero-order valence-corrected chi connectivity index (χ0v) is 14.3. The highest BCUT2D eigenvalue weighted by Crippen LogP contribution is 2.32. The summed E-state index contributed by atoms with van der Waals surface area (Å²) < 4.78 is 72.0. The Morgan fingerprint density at radius 2 is 1.85 bits per heavy atom. The molecule has 8 heteroatoms. The van der Waals surface area contributed by atoms with Crippen molar-refractivity contribution in [1.82, 2.24) is 0 Å². The standard InChI is InChI=1S/C18H16FNO5S/c1-11-2-6-13(7-3-11)16-15(21)17(18(20)24-16)25-26(22,23)10-12-4-8-14(19)9-5-12/h2-9,16H,10,20H2,1H3/i10D2,16D. The molecule has 0 bridgehead atoms. The molecule has 2 aromatic carbocycles. The van der Waals surface area contributed by atoms with Crippen LogP contribution in [0.25, 0.3) is 0 Å². The molecule has 26 heavy (non-hydrogen) atoms. The van der Waals surface area contributed by atoms with Gasteiger partial charge in [-0.2, -0.15) is 8.42 Å². The van der Waals surface area contributed by atoms with Crippen LogP contribution in [0.3, 0.4) is 0 Å². The molecule has 136 valence electrons. The highest BCUT2D eigenvalue weighted by Gasteiger charge is 2.39. The molecule has 0 amide bonds. The first-order chi connectivity index (χ1) is 13.4. The average molecular weight is 380 g/mol.